The largest absolute Gasteiger partial charge is 1.00 e. The molecule has 0 rings (SSSR count). The second-order valence-electron chi connectivity index (χ2n) is 4.71. The van der Waals surface area contributed by atoms with Gasteiger partial charge < -0.3 is 4.55 Å². The molecule has 1 atom stereocenters. The zero-order valence-corrected chi connectivity index (χ0v) is 16.4. The zero-order chi connectivity index (χ0) is 18.9. The second-order valence-corrected chi connectivity index (χ2v) is 6.13. The van der Waals surface area contributed by atoms with E-state index in [2.05, 4.69) is 0 Å². The van der Waals surface area contributed by atoms with E-state index in [0.717, 1.165) is 0 Å². The van der Waals surface area contributed by atoms with Gasteiger partial charge in [-0.3, -0.25) is 0 Å². The van der Waals surface area contributed by atoms with Gasteiger partial charge in [0.05, 0.1) is 0 Å². The normalized spacial score (nSPS) is 15.8. The van der Waals surface area contributed by atoms with Gasteiger partial charge in [0.25, 0.3) is 0 Å². The van der Waals surface area contributed by atoms with Crippen LogP contribution in [0.15, 0.2) is 0 Å². The SMILES string of the molecule is CCCCCC(F)C(F)(F)C(F)(F)C(F)(F)C(F)(F)S(=O)(=O)[O-].[K+]. The molecule has 0 saturated carbocycles. The van der Waals surface area contributed by atoms with Crippen molar-refractivity contribution in [3.05, 3.63) is 0 Å². The topological polar surface area (TPSA) is 57.2 Å². The van der Waals surface area contributed by atoms with Crippen molar-refractivity contribution in [2.75, 3.05) is 0 Å². The number of hydrogen-bond acceptors (Lipinski definition) is 3. The third-order valence-electron chi connectivity index (χ3n) is 2.95. The van der Waals surface area contributed by atoms with E-state index in [1.807, 2.05) is 0 Å². The van der Waals surface area contributed by atoms with Crippen LogP contribution in [0, 0.1) is 0 Å². The minimum absolute atomic E-state index is 0. The molecule has 0 aromatic rings. The summed E-state index contributed by atoms with van der Waals surface area (Å²) in [6.07, 6.45) is -5.31. The molecular weight excluding hydrogens is 410 g/mol. The fourth-order valence-corrected chi connectivity index (χ4v) is 1.94. The van der Waals surface area contributed by atoms with Gasteiger partial charge in [0.15, 0.2) is 16.3 Å². The van der Waals surface area contributed by atoms with Gasteiger partial charge in [-0.2, -0.15) is 35.1 Å². The number of halogens is 9. The molecule has 0 spiro atoms. The van der Waals surface area contributed by atoms with Crippen LogP contribution in [0.1, 0.15) is 32.6 Å². The molecule has 0 fully saturated rings. The molecule has 140 valence electrons. The van der Waals surface area contributed by atoms with Crippen LogP contribution >= 0.6 is 0 Å². The van der Waals surface area contributed by atoms with Crippen molar-refractivity contribution in [3.8, 4) is 0 Å². The van der Waals surface area contributed by atoms with Crippen LogP contribution in [0.4, 0.5) is 39.5 Å². The summed E-state index contributed by atoms with van der Waals surface area (Å²) < 4.78 is 147. The summed E-state index contributed by atoms with van der Waals surface area (Å²) in [6.45, 7) is 1.52. The van der Waals surface area contributed by atoms with Crippen molar-refractivity contribution < 1.29 is 104 Å². The zero-order valence-electron chi connectivity index (χ0n) is 12.4. The van der Waals surface area contributed by atoms with E-state index in [-0.39, 0.29) is 57.8 Å². The van der Waals surface area contributed by atoms with Crippen molar-refractivity contribution in [1.29, 1.82) is 0 Å². The van der Waals surface area contributed by atoms with Crippen LogP contribution in [0.25, 0.3) is 0 Å². The monoisotopic (exact) mass is 422 g/mol. The average Bonchev–Trinajstić information content (AvgIpc) is 2.36. The minimum atomic E-state index is -7.42. The van der Waals surface area contributed by atoms with E-state index in [1.54, 1.807) is 0 Å². The molecule has 1 unspecified atom stereocenters. The molecule has 0 amide bonds. The quantitative estimate of drug-likeness (QED) is 0.241. The predicted molar refractivity (Wildman–Crippen MR) is 58.5 cm³/mol. The molecule has 0 bridgehead atoms. The molecule has 0 saturated heterocycles. The Morgan fingerprint density at radius 2 is 1.33 bits per heavy atom. The maximum absolute atomic E-state index is 13.2. The summed E-state index contributed by atoms with van der Waals surface area (Å²) in [5, 5.41) is -7.06. The molecule has 14 heteroatoms. The third kappa shape index (κ3) is 4.79. The van der Waals surface area contributed by atoms with E-state index < -0.39 is 52.2 Å². The maximum atomic E-state index is 13.2. The first kappa shape index (κ1) is 27.1. The van der Waals surface area contributed by atoms with Crippen molar-refractivity contribution in [2.24, 2.45) is 0 Å². The Balaban J connectivity index is 0. The van der Waals surface area contributed by atoms with Gasteiger partial charge in [-0.25, -0.2) is 12.8 Å². The molecule has 3 nitrogen and oxygen atoms in total. The smallest absolute Gasteiger partial charge is 0.743 e. The van der Waals surface area contributed by atoms with Gasteiger partial charge >= 0.3 is 74.4 Å². The second kappa shape index (κ2) is 8.74. The van der Waals surface area contributed by atoms with E-state index in [9.17, 15) is 52.5 Å². The fourth-order valence-electron chi connectivity index (χ4n) is 1.50. The Hall–Kier alpha value is 0.916. The van der Waals surface area contributed by atoms with Crippen LogP contribution in [-0.4, -0.2) is 42.2 Å². The number of hydrogen-bond donors (Lipinski definition) is 0. The van der Waals surface area contributed by atoms with Gasteiger partial charge in [-0.05, 0) is 6.42 Å². The van der Waals surface area contributed by atoms with Crippen LogP contribution in [0.3, 0.4) is 0 Å². The third-order valence-corrected chi connectivity index (χ3v) is 3.83. The van der Waals surface area contributed by atoms with Crippen LogP contribution in [0.5, 0.6) is 0 Å². The number of unbranched alkanes of at least 4 members (excludes halogenated alkanes) is 2. The number of rotatable bonds is 9. The molecule has 0 aliphatic carbocycles. The first-order valence-electron chi connectivity index (χ1n) is 6.09. The molecule has 0 heterocycles. The first-order chi connectivity index (χ1) is 9.98. The summed E-state index contributed by atoms with van der Waals surface area (Å²) in [5.74, 6) is -20.8. The summed E-state index contributed by atoms with van der Waals surface area (Å²) >= 11 is 0. The molecule has 24 heavy (non-hydrogen) atoms. The number of alkyl halides is 9. The van der Waals surface area contributed by atoms with E-state index in [0.29, 0.717) is 6.42 Å². The van der Waals surface area contributed by atoms with Gasteiger partial charge in [-0.15, -0.1) is 0 Å². The van der Waals surface area contributed by atoms with Gasteiger partial charge in [0, 0.05) is 0 Å². The van der Waals surface area contributed by atoms with Crippen molar-refractivity contribution in [2.45, 2.75) is 61.8 Å². The van der Waals surface area contributed by atoms with Crippen LogP contribution in [0.2, 0.25) is 0 Å². The Kier molecular flexibility index (Phi) is 9.88. The summed E-state index contributed by atoms with van der Waals surface area (Å²) in [7, 11) is -7.42. The molecule has 0 aromatic heterocycles. The van der Waals surface area contributed by atoms with Crippen LogP contribution < -0.4 is 51.4 Å². The molecule has 0 aliphatic rings. The van der Waals surface area contributed by atoms with E-state index >= 15 is 0 Å². The van der Waals surface area contributed by atoms with Crippen molar-refractivity contribution in [1.82, 2.24) is 0 Å². The molecule has 0 aromatic carbocycles. The Morgan fingerprint density at radius 1 is 0.917 bits per heavy atom. The first-order valence-corrected chi connectivity index (χ1v) is 7.50. The van der Waals surface area contributed by atoms with E-state index in [1.165, 1.54) is 6.92 Å². The van der Waals surface area contributed by atoms with Crippen molar-refractivity contribution >= 4 is 10.1 Å². The summed E-state index contributed by atoms with van der Waals surface area (Å²) in [5.41, 5.74) is 0. The van der Waals surface area contributed by atoms with E-state index in [4.69, 9.17) is 0 Å². The van der Waals surface area contributed by atoms with Gasteiger partial charge in [0.2, 0.25) is 0 Å². The predicted octanol–water partition coefficient (Wildman–Crippen LogP) is 0.953. The Morgan fingerprint density at radius 3 is 1.67 bits per heavy atom. The molecule has 0 N–H and O–H groups in total. The Bertz CT molecular complexity index is 510. The fraction of sp³-hybridized carbons (Fsp3) is 1.00. The van der Waals surface area contributed by atoms with Gasteiger partial charge in [0.1, 0.15) is 0 Å². The van der Waals surface area contributed by atoms with Crippen LogP contribution in [-0.2, 0) is 10.1 Å². The standard InChI is InChI=1S/C10H13F9O3S.K/c1-2-3-4-5-6(11)7(12,13)8(14,15)9(16,17)10(18,19)23(20,21)22;/h6H,2-5H2,1H3,(H,20,21,22);/q;+1/p-1. The average molecular weight is 422 g/mol. The summed E-state index contributed by atoms with van der Waals surface area (Å²) in [6, 6.07) is 0. The maximum Gasteiger partial charge on any atom is 1.00 e. The van der Waals surface area contributed by atoms with Gasteiger partial charge in [-0.1, -0.05) is 26.2 Å². The molecular formula is C10H12F9KO3S. The summed E-state index contributed by atoms with van der Waals surface area (Å²) in [4.78, 5) is 0. The Labute approximate surface area is 174 Å². The molecule has 0 aliphatic heterocycles. The van der Waals surface area contributed by atoms with Crippen molar-refractivity contribution in [3.63, 3.8) is 0 Å². The molecule has 0 radical (unpaired) electrons. The minimum Gasteiger partial charge on any atom is -0.743 e.